The molecule has 4 heteroatoms. The van der Waals surface area contributed by atoms with E-state index in [0.29, 0.717) is 18.5 Å². The van der Waals surface area contributed by atoms with Crippen molar-refractivity contribution in [3.8, 4) is 0 Å². The van der Waals surface area contributed by atoms with Crippen molar-refractivity contribution in [3.63, 3.8) is 0 Å². The van der Waals surface area contributed by atoms with Crippen molar-refractivity contribution in [2.75, 3.05) is 26.8 Å². The van der Waals surface area contributed by atoms with Gasteiger partial charge < -0.3 is 14.8 Å². The Labute approximate surface area is 65.6 Å². The predicted molar refractivity (Wildman–Crippen MR) is 40.5 cm³/mol. The van der Waals surface area contributed by atoms with E-state index in [1.54, 1.807) is 7.05 Å². The Balaban J connectivity index is 2.02. The summed E-state index contributed by atoms with van der Waals surface area (Å²) in [6, 6.07) is 0.650. The molecule has 0 bridgehead atoms. The van der Waals surface area contributed by atoms with Gasteiger partial charge in [0.15, 0.2) is 0 Å². The van der Waals surface area contributed by atoms with Crippen LogP contribution in [0.15, 0.2) is 4.99 Å². The van der Waals surface area contributed by atoms with Crippen molar-refractivity contribution in [2.24, 2.45) is 10.9 Å². The van der Waals surface area contributed by atoms with Crippen LogP contribution in [0.1, 0.15) is 0 Å². The van der Waals surface area contributed by atoms with Crippen LogP contribution in [0.4, 0.5) is 0 Å². The minimum absolute atomic E-state index is 0.231. The van der Waals surface area contributed by atoms with Gasteiger partial charge in [-0.05, 0) is 0 Å². The molecule has 4 nitrogen and oxygen atoms in total. The lowest BCUT2D eigenvalue weighted by Crippen LogP contribution is -2.45. The number of nitrogens with zero attached hydrogens (tertiary/aromatic N) is 1. The highest BCUT2D eigenvalue weighted by molar-refractivity contribution is 5.74. The molecular weight excluding hydrogens is 144 g/mol. The highest BCUT2D eigenvalue weighted by Gasteiger charge is 2.34. The predicted octanol–water partition coefficient (Wildman–Crippen LogP) is -0.393. The van der Waals surface area contributed by atoms with Gasteiger partial charge in [-0.2, -0.15) is 0 Å². The molecule has 0 radical (unpaired) electrons. The molecule has 2 fully saturated rings. The van der Waals surface area contributed by atoms with Crippen LogP contribution in [0.5, 0.6) is 0 Å². The van der Waals surface area contributed by atoms with Crippen LogP contribution in [0.2, 0.25) is 0 Å². The van der Waals surface area contributed by atoms with Crippen LogP contribution < -0.4 is 5.32 Å². The lowest BCUT2D eigenvalue weighted by Gasteiger charge is -2.26. The molecule has 2 aliphatic rings. The molecule has 62 valence electrons. The lowest BCUT2D eigenvalue weighted by atomic mass is 10.1. The summed E-state index contributed by atoms with van der Waals surface area (Å²) < 4.78 is 10.7. The third kappa shape index (κ3) is 1.18. The number of fused-ring (bicyclic) bond motifs is 1. The molecule has 0 aliphatic carbocycles. The normalized spacial score (nSPS) is 39.5. The number of hydrogen-bond donors (Lipinski definition) is 1. The first-order valence-corrected chi connectivity index (χ1v) is 3.85. The van der Waals surface area contributed by atoms with E-state index in [2.05, 4.69) is 10.3 Å². The van der Waals surface area contributed by atoms with Gasteiger partial charge in [0.1, 0.15) is 6.10 Å². The molecule has 0 aromatic carbocycles. The van der Waals surface area contributed by atoms with E-state index in [0.717, 1.165) is 13.2 Å². The van der Waals surface area contributed by atoms with Crippen molar-refractivity contribution in [3.05, 3.63) is 0 Å². The van der Waals surface area contributed by atoms with Crippen molar-refractivity contribution in [1.82, 2.24) is 5.32 Å². The van der Waals surface area contributed by atoms with Crippen molar-refractivity contribution < 1.29 is 9.47 Å². The molecule has 11 heavy (non-hydrogen) atoms. The summed E-state index contributed by atoms with van der Waals surface area (Å²) >= 11 is 0. The van der Waals surface area contributed by atoms with Gasteiger partial charge in [-0.25, -0.2) is 4.99 Å². The van der Waals surface area contributed by atoms with E-state index in [-0.39, 0.29) is 6.10 Å². The maximum atomic E-state index is 5.47. The highest BCUT2D eigenvalue weighted by atomic mass is 16.6. The summed E-state index contributed by atoms with van der Waals surface area (Å²) in [5, 5.41) is 3.09. The smallest absolute Gasteiger partial charge is 0.284 e. The molecule has 2 saturated heterocycles. The number of rotatable bonds is 0. The maximum absolute atomic E-state index is 5.47. The Morgan fingerprint density at radius 2 is 2.45 bits per heavy atom. The Morgan fingerprint density at radius 1 is 1.55 bits per heavy atom. The van der Waals surface area contributed by atoms with E-state index >= 15 is 0 Å². The lowest BCUT2D eigenvalue weighted by molar-refractivity contribution is 0.110. The number of nitrogens with one attached hydrogen (secondary N) is 1. The van der Waals surface area contributed by atoms with Gasteiger partial charge in [0.05, 0.1) is 13.2 Å². The molecule has 0 amide bonds. The summed E-state index contributed by atoms with van der Waals surface area (Å²) in [5.41, 5.74) is 0. The van der Waals surface area contributed by atoms with Crippen LogP contribution in [-0.4, -0.2) is 38.9 Å². The summed E-state index contributed by atoms with van der Waals surface area (Å²) in [4.78, 5) is 3.94. The number of amidine groups is 1. The topological polar surface area (TPSA) is 42.9 Å². The highest BCUT2D eigenvalue weighted by Crippen LogP contribution is 2.19. The zero-order valence-electron chi connectivity index (χ0n) is 6.54. The molecular formula is C7H12N2O2. The van der Waals surface area contributed by atoms with E-state index in [9.17, 15) is 0 Å². The molecule has 2 heterocycles. The molecule has 0 spiro atoms. The van der Waals surface area contributed by atoms with E-state index in [1.165, 1.54) is 0 Å². The summed E-state index contributed by atoms with van der Waals surface area (Å²) in [6.45, 7) is 2.46. The first-order valence-electron chi connectivity index (χ1n) is 3.85. The molecule has 0 unspecified atom stereocenters. The monoisotopic (exact) mass is 156 g/mol. The fourth-order valence-corrected chi connectivity index (χ4v) is 1.43. The first kappa shape index (κ1) is 6.91. The van der Waals surface area contributed by atoms with Crippen molar-refractivity contribution in [2.45, 2.75) is 6.10 Å². The number of ether oxygens (including phenoxy) is 2. The zero-order valence-corrected chi connectivity index (χ0v) is 6.54. The summed E-state index contributed by atoms with van der Waals surface area (Å²) in [7, 11) is 1.72. The van der Waals surface area contributed by atoms with Crippen molar-refractivity contribution in [1.29, 1.82) is 0 Å². The molecule has 0 aromatic heterocycles. The van der Waals surface area contributed by atoms with E-state index < -0.39 is 0 Å². The van der Waals surface area contributed by atoms with Gasteiger partial charge in [0, 0.05) is 19.5 Å². The van der Waals surface area contributed by atoms with Crippen LogP contribution in [0, 0.1) is 5.92 Å². The van der Waals surface area contributed by atoms with Gasteiger partial charge in [-0.1, -0.05) is 0 Å². The fourth-order valence-electron chi connectivity index (χ4n) is 1.43. The van der Waals surface area contributed by atoms with E-state index in [4.69, 9.17) is 9.47 Å². The van der Waals surface area contributed by atoms with Gasteiger partial charge in [0.25, 0.3) is 6.02 Å². The second-order valence-electron chi connectivity index (χ2n) is 2.86. The second kappa shape index (κ2) is 2.70. The molecule has 2 rings (SSSR count). The minimum Gasteiger partial charge on any atom is -0.459 e. The first-order chi connectivity index (χ1) is 5.40. The average Bonchev–Trinajstić information content (AvgIpc) is 2.50. The SMILES string of the molecule is CN=C1NC[C@H]2COC[C@H]2O1. The molecule has 2 aliphatic heterocycles. The fraction of sp³-hybridized carbons (Fsp3) is 0.857. The quantitative estimate of drug-likeness (QED) is 0.519. The standard InChI is InChI=1S/C7H12N2O2/c1-8-7-9-2-5-3-10-4-6(5)11-7/h5-6H,2-4H2,1H3,(H,8,9)/t5-,6+/m0/s1. The van der Waals surface area contributed by atoms with Crippen LogP contribution in [0.25, 0.3) is 0 Å². The van der Waals surface area contributed by atoms with Gasteiger partial charge in [0.2, 0.25) is 0 Å². The Hall–Kier alpha value is -0.770. The van der Waals surface area contributed by atoms with Gasteiger partial charge in [-0.3, -0.25) is 0 Å². The Bertz CT molecular complexity index is 181. The summed E-state index contributed by atoms with van der Waals surface area (Å²) in [6.07, 6.45) is 0.231. The number of aliphatic imine (C=N–C) groups is 1. The summed E-state index contributed by atoms with van der Waals surface area (Å²) in [5.74, 6) is 0.514. The minimum atomic E-state index is 0.231. The largest absolute Gasteiger partial charge is 0.459 e. The maximum Gasteiger partial charge on any atom is 0.284 e. The van der Waals surface area contributed by atoms with E-state index in [1.807, 2.05) is 0 Å². The van der Waals surface area contributed by atoms with Crippen LogP contribution in [-0.2, 0) is 9.47 Å². The zero-order chi connectivity index (χ0) is 7.68. The number of hydrogen-bond acceptors (Lipinski definition) is 3. The van der Waals surface area contributed by atoms with Gasteiger partial charge >= 0.3 is 0 Å². The van der Waals surface area contributed by atoms with Crippen LogP contribution >= 0.6 is 0 Å². The molecule has 1 N–H and O–H groups in total. The molecule has 2 atom stereocenters. The van der Waals surface area contributed by atoms with Gasteiger partial charge in [-0.15, -0.1) is 0 Å². The molecule has 0 saturated carbocycles. The van der Waals surface area contributed by atoms with Crippen LogP contribution in [0.3, 0.4) is 0 Å². The Morgan fingerprint density at radius 3 is 3.27 bits per heavy atom. The third-order valence-corrected chi connectivity index (χ3v) is 2.12. The second-order valence-corrected chi connectivity index (χ2v) is 2.86. The van der Waals surface area contributed by atoms with Crippen molar-refractivity contribution >= 4 is 6.02 Å². The Kier molecular flexibility index (Phi) is 1.69. The molecule has 0 aromatic rings. The third-order valence-electron chi connectivity index (χ3n) is 2.12. The average molecular weight is 156 g/mol.